The summed E-state index contributed by atoms with van der Waals surface area (Å²) in [6.07, 6.45) is 8.22. The molecule has 2 aromatic carbocycles. The zero-order valence-corrected chi connectivity index (χ0v) is 22.7. The van der Waals surface area contributed by atoms with Crippen molar-refractivity contribution in [2.45, 2.75) is 90.6 Å². The fourth-order valence-corrected chi connectivity index (χ4v) is 5.50. The lowest BCUT2D eigenvalue weighted by Crippen LogP contribution is -2.27. The van der Waals surface area contributed by atoms with Crippen LogP contribution in [0.1, 0.15) is 88.8 Å². The predicted molar refractivity (Wildman–Crippen MR) is 143 cm³/mol. The van der Waals surface area contributed by atoms with Gasteiger partial charge in [0.05, 0.1) is 6.61 Å². The Morgan fingerprint density at radius 3 is 2.54 bits per heavy atom. The Hall–Kier alpha value is -1.91. The number of rotatable bonds is 14. The largest absolute Gasteiger partial charge is 0.492 e. The monoisotopic (exact) mass is 520 g/mol. The number of ether oxygens (including phenoxy) is 2. The zero-order chi connectivity index (χ0) is 25.4. The van der Waals surface area contributed by atoms with Gasteiger partial charge in [0.2, 0.25) is 0 Å². The lowest BCUT2D eigenvalue weighted by Gasteiger charge is -2.28. The van der Waals surface area contributed by atoms with Gasteiger partial charge in [-0.2, -0.15) is 0 Å². The number of carboxylic acids is 1. The summed E-state index contributed by atoms with van der Waals surface area (Å²) in [6.45, 7) is 7.57. The van der Waals surface area contributed by atoms with Gasteiger partial charge in [-0.3, -0.25) is 4.79 Å². The van der Waals surface area contributed by atoms with E-state index >= 15 is 0 Å². The van der Waals surface area contributed by atoms with Gasteiger partial charge in [-0.15, -0.1) is 0 Å². The Balaban J connectivity index is 1.62. The first kappa shape index (κ1) is 27.7. The number of carbonyl (C=O) groups is 1. The Bertz CT molecular complexity index is 983. The molecule has 0 aromatic heterocycles. The van der Waals surface area contributed by atoms with Crippen LogP contribution in [0.3, 0.4) is 0 Å². The first-order valence-corrected chi connectivity index (χ1v) is 13.6. The molecule has 2 atom stereocenters. The molecule has 6 heteroatoms. The van der Waals surface area contributed by atoms with E-state index in [2.05, 4.69) is 26.8 Å². The molecule has 1 aliphatic rings. The van der Waals surface area contributed by atoms with Gasteiger partial charge < -0.3 is 14.6 Å². The van der Waals surface area contributed by atoms with E-state index in [1.165, 1.54) is 5.56 Å². The van der Waals surface area contributed by atoms with Crippen molar-refractivity contribution in [3.63, 3.8) is 0 Å². The maximum atomic E-state index is 10.8. The Morgan fingerprint density at radius 1 is 1.14 bits per heavy atom. The summed E-state index contributed by atoms with van der Waals surface area (Å²) in [7, 11) is 0. The lowest BCUT2D eigenvalue weighted by molar-refractivity contribution is -0.137. The summed E-state index contributed by atoms with van der Waals surface area (Å²) in [4.78, 5) is 10.8. The Kier molecular flexibility index (Phi) is 10.2. The minimum atomic E-state index is -0.716. The number of hydrogen-bond donors (Lipinski definition) is 1. The van der Waals surface area contributed by atoms with Gasteiger partial charge in [-0.1, -0.05) is 62.9 Å². The van der Waals surface area contributed by atoms with Crippen LogP contribution in [-0.4, -0.2) is 17.7 Å². The summed E-state index contributed by atoms with van der Waals surface area (Å²) >= 11 is 13.0. The van der Waals surface area contributed by atoms with Crippen LogP contribution < -0.4 is 9.47 Å². The van der Waals surface area contributed by atoms with Crippen molar-refractivity contribution in [2.24, 2.45) is 5.92 Å². The molecule has 1 heterocycles. The van der Waals surface area contributed by atoms with E-state index in [0.717, 1.165) is 74.0 Å². The molecule has 0 fully saturated rings. The van der Waals surface area contributed by atoms with Crippen LogP contribution in [0.5, 0.6) is 11.5 Å². The molecule has 2 unspecified atom stereocenters. The third kappa shape index (κ3) is 7.30. The number of aryl methyl sites for hydroxylation is 1. The van der Waals surface area contributed by atoms with Crippen molar-refractivity contribution in [1.82, 2.24) is 0 Å². The maximum Gasteiger partial charge on any atom is 0.303 e. The summed E-state index contributed by atoms with van der Waals surface area (Å²) in [5, 5.41) is 10.2. The fourth-order valence-electron chi connectivity index (χ4n) is 4.86. The number of hydrogen-bond acceptors (Lipinski definition) is 3. The molecule has 192 valence electrons. The smallest absolute Gasteiger partial charge is 0.303 e. The molecule has 2 aromatic rings. The molecule has 0 amide bonds. The average Bonchev–Trinajstić information content (AvgIpc) is 3.19. The number of fused-ring (bicyclic) bond motifs is 1. The predicted octanol–water partition coefficient (Wildman–Crippen LogP) is 8.63. The number of halogens is 2. The second-order valence-corrected chi connectivity index (χ2v) is 10.8. The van der Waals surface area contributed by atoms with Crippen molar-refractivity contribution in [1.29, 1.82) is 0 Å². The highest BCUT2D eigenvalue weighted by atomic mass is 35.5. The van der Waals surface area contributed by atoms with Crippen LogP contribution in [0.25, 0.3) is 0 Å². The third-order valence-corrected chi connectivity index (χ3v) is 7.99. The van der Waals surface area contributed by atoms with E-state index in [9.17, 15) is 4.79 Å². The van der Waals surface area contributed by atoms with E-state index in [1.54, 1.807) is 0 Å². The molecule has 0 spiro atoms. The molecule has 1 N–H and O–H groups in total. The highest BCUT2D eigenvalue weighted by molar-refractivity contribution is 6.36. The highest BCUT2D eigenvalue weighted by Gasteiger charge is 2.39. The number of carboxylic acid groups (broad SMARTS) is 1. The minimum Gasteiger partial charge on any atom is -0.492 e. The van der Waals surface area contributed by atoms with Gasteiger partial charge in [-0.25, -0.2) is 0 Å². The van der Waals surface area contributed by atoms with E-state index in [4.69, 9.17) is 37.8 Å². The lowest BCUT2D eigenvalue weighted by atomic mass is 9.74. The van der Waals surface area contributed by atoms with Crippen molar-refractivity contribution in [2.75, 3.05) is 6.61 Å². The number of benzene rings is 2. The maximum absolute atomic E-state index is 10.8. The quantitative estimate of drug-likeness (QED) is 0.270. The number of aliphatic carboxylic acids is 1. The van der Waals surface area contributed by atoms with Crippen LogP contribution in [0.2, 0.25) is 10.0 Å². The standard InChI is InChI=1S/C29H38Cl2O4/c1-4-6-9-21-15-25(30)23(26(31)16-21)18-34-22-11-12-24-27(17-22)35-19-29(24,5-2)14-13-20(3)8-7-10-28(32)33/h11-12,15-17,20H,4-10,13-14,18-19H2,1-3H3,(H,32,33). The molecule has 1 aliphatic heterocycles. The average molecular weight is 522 g/mol. The van der Waals surface area contributed by atoms with Crippen LogP contribution >= 0.6 is 23.2 Å². The number of unbranched alkanes of at least 4 members (excludes halogenated alkanes) is 1. The van der Waals surface area contributed by atoms with Crippen LogP contribution in [0, 0.1) is 5.92 Å². The van der Waals surface area contributed by atoms with E-state index in [-0.39, 0.29) is 11.8 Å². The topological polar surface area (TPSA) is 55.8 Å². The van der Waals surface area contributed by atoms with Crippen LogP contribution in [0.4, 0.5) is 0 Å². The van der Waals surface area contributed by atoms with Crippen LogP contribution in [-0.2, 0) is 23.2 Å². The summed E-state index contributed by atoms with van der Waals surface area (Å²) in [6, 6.07) is 10.1. The highest BCUT2D eigenvalue weighted by Crippen LogP contribution is 2.46. The fraction of sp³-hybridized carbons (Fsp3) is 0.552. The molecular weight excluding hydrogens is 483 g/mol. The van der Waals surface area contributed by atoms with Crippen LogP contribution in [0.15, 0.2) is 30.3 Å². The van der Waals surface area contributed by atoms with E-state index in [0.29, 0.717) is 29.2 Å². The molecule has 0 saturated carbocycles. The third-order valence-electron chi connectivity index (χ3n) is 7.31. The Labute approximate surface area is 219 Å². The minimum absolute atomic E-state index is 0.00411. The van der Waals surface area contributed by atoms with Gasteiger partial charge in [0.15, 0.2) is 0 Å². The molecule has 0 bridgehead atoms. The van der Waals surface area contributed by atoms with Crippen molar-refractivity contribution < 1.29 is 19.4 Å². The van der Waals surface area contributed by atoms with Crippen molar-refractivity contribution in [3.05, 3.63) is 57.1 Å². The summed E-state index contributed by atoms with van der Waals surface area (Å²) < 4.78 is 12.2. The van der Waals surface area contributed by atoms with Gasteiger partial charge >= 0.3 is 5.97 Å². The zero-order valence-electron chi connectivity index (χ0n) is 21.2. The second kappa shape index (κ2) is 12.9. The Morgan fingerprint density at radius 2 is 1.89 bits per heavy atom. The molecule has 0 saturated heterocycles. The van der Waals surface area contributed by atoms with E-state index < -0.39 is 5.97 Å². The first-order valence-electron chi connectivity index (χ1n) is 12.9. The molecular formula is C29H38Cl2O4. The van der Waals surface area contributed by atoms with Gasteiger partial charge in [0.1, 0.15) is 18.1 Å². The van der Waals surface area contributed by atoms with Gasteiger partial charge in [-0.05, 0) is 68.2 Å². The van der Waals surface area contributed by atoms with Gasteiger partial charge in [0, 0.05) is 39.1 Å². The second-order valence-electron chi connectivity index (χ2n) is 9.94. The normalized spacial score (nSPS) is 17.6. The molecule has 4 nitrogen and oxygen atoms in total. The SMILES string of the molecule is CCCCc1cc(Cl)c(COc2ccc3c(c2)OCC3(CC)CCC(C)CCCC(=O)O)c(Cl)c1. The molecule has 35 heavy (non-hydrogen) atoms. The first-order chi connectivity index (χ1) is 16.8. The van der Waals surface area contributed by atoms with Crippen molar-refractivity contribution >= 4 is 29.2 Å². The molecule has 3 rings (SSSR count). The van der Waals surface area contributed by atoms with E-state index in [1.807, 2.05) is 24.3 Å². The van der Waals surface area contributed by atoms with Crippen molar-refractivity contribution in [3.8, 4) is 11.5 Å². The van der Waals surface area contributed by atoms with Gasteiger partial charge in [0.25, 0.3) is 0 Å². The molecule has 0 radical (unpaired) electrons. The molecule has 0 aliphatic carbocycles. The summed E-state index contributed by atoms with van der Waals surface area (Å²) in [5.74, 6) is 1.40. The summed E-state index contributed by atoms with van der Waals surface area (Å²) in [5.41, 5.74) is 3.19.